The molecule has 19 aromatic rings. The minimum Gasteiger partial charge on any atom is -0.304 e. The van der Waals surface area contributed by atoms with E-state index in [2.05, 4.69) is 298 Å². The first kappa shape index (κ1) is 94.7. The van der Waals surface area contributed by atoms with Crippen molar-refractivity contribution in [1.29, 1.82) is 0 Å². The monoisotopic (exact) mass is 2280 g/mol. The van der Waals surface area contributed by atoms with E-state index in [0.29, 0.717) is 33.2 Å². The zero-order chi connectivity index (χ0) is 90.2. The number of aromatic nitrogens is 5. The van der Waals surface area contributed by atoms with E-state index in [0.717, 1.165) is 78.4 Å². The van der Waals surface area contributed by atoms with Gasteiger partial charge in [0, 0.05) is 108 Å². The second-order valence-corrected chi connectivity index (χ2v) is 42.2. The number of hydrogen-bond donors (Lipinski definition) is 0. The van der Waals surface area contributed by atoms with Crippen LogP contribution in [0.4, 0.5) is 4.39 Å². The van der Waals surface area contributed by atoms with E-state index in [9.17, 15) is 14.0 Å². The fourth-order valence-corrected chi connectivity index (χ4v) is 19.1. The molecule has 14 aromatic carbocycles. The number of nitrogens with zero attached hydrogens (tertiary/aromatic N) is 5. The van der Waals surface area contributed by atoms with Gasteiger partial charge in [-0.15, -0.1) is 159 Å². The molecule has 0 atom stereocenters. The van der Waals surface area contributed by atoms with Crippen molar-refractivity contribution in [3.63, 3.8) is 0 Å². The largest absolute Gasteiger partial charge is 0.304 e. The molecule has 7 nitrogen and oxygen atoms in total. The maximum Gasteiger partial charge on any atom is 0.194 e. The van der Waals surface area contributed by atoms with Gasteiger partial charge in [0.15, 0.2) is 11.6 Å². The Balaban J connectivity index is 0.000000127. The Bertz CT molecular complexity index is 7300. The quantitative estimate of drug-likeness (QED) is 0.0723. The van der Waals surface area contributed by atoms with Crippen LogP contribution in [0.3, 0.4) is 0 Å². The van der Waals surface area contributed by atoms with Gasteiger partial charge in [0.1, 0.15) is 5.82 Å². The summed E-state index contributed by atoms with van der Waals surface area (Å²) in [6.45, 7) is 27.2. The van der Waals surface area contributed by atoms with Crippen LogP contribution < -0.4 is 5.19 Å². The Kier molecular flexibility index (Phi) is 28.1. The van der Waals surface area contributed by atoms with Gasteiger partial charge in [-0.05, 0) is 119 Å². The summed E-state index contributed by atoms with van der Waals surface area (Å²) in [6.07, 6.45) is 3.28. The fraction of sp³-hybridized carbons (Fsp3) is 0.132. The van der Waals surface area contributed by atoms with Crippen molar-refractivity contribution in [3.05, 3.63) is 468 Å². The van der Waals surface area contributed by atoms with Crippen LogP contribution >= 0.6 is 0 Å². The molecule has 0 unspecified atom stereocenters. The summed E-state index contributed by atoms with van der Waals surface area (Å²) >= 11 is 0. The summed E-state index contributed by atoms with van der Waals surface area (Å²) in [4.78, 5) is 48.4. The molecule has 0 bridgehead atoms. The van der Waals surface area contributed by atoms with Gasteiger partial charge in [-0.2, -0.15) is 0 Å². The molecule has 0 saturated carbocycles. The number of fused-ring (bicyclic) bond motifs is 12. The van der Waals surface area contributed by atoms with E-state index in [-0.39, 0.29) is 99.4 Å². The Morgan fingerprint density at radius 3 is 1.14 bits per heavy atom. The molecule has 3 radical (unpaired) electrons. The van der Waals surface area contributed by atoms with Gasteiger partial charge >= 0.3 is 0 Å². The van der Waals surface area contributed by atoms with Gasteiger partial charge in [0.2, 0.25) is 0 Å². The van der Waals surface area contributed by atoms with E-state index in [4.69, 9.17) is 15.0 Å². The van der Waals surface area contributed by atoms with Gasteiger partial charge in [-0.25, -0.2) is 4.39 Å². The fourth-order valence-electron chi connectivity index (χ4n) is 18.0. The topological polar surface area (TPSA) is 98.6 Å². The summed E-state index contributed by atoms with van der Waals surface area (Å²) in [5.74, 6) is -0.269. The van der Waals surface area contributed by atoms with Crippen molar-refractivity contribution in [1.82, 2.24) is 24.9 Å². The average Bonchev–Trinajstić information content (AvgIpc) is 1.59. The van der Waals surface area contributed by atoms with Crippen LogP contribution in [0.1, 0.15) is 133 Å². The van der Waals surface area contributed by atoms with Crippen molar-refractivity contribution >= 4 is 57.5 Å². The molecular weight excluding hydrogens is 2180 g/mol. The number of benzene rings is 14. The molecule has 5 heterocycles. The Morgan fingerprint density at radius 1 is 0.316 bits per heavy atom. The molecule has 0 N–H and O–H groups in total. The number of ketones is 2. The Labute approximate surface area is 821 Å². The van der Waals surface area contributed by atoms with Gasteiger partial charge in [-0.3, -0.25) is 24.5 Å². The minimum atomic E-state index is -1.31. The van der Waals surface area contributed by atoms with Crippen molar-refractivity contribution in [2.45, 2.75) is 104 Å². The minimum absolute atomic E-state index is 0. The molecule has 22 rings (SSSR count). The predicted octanol–water partition coefficient (Wildman–Crippen LogP) is 29.2. The maximum absolute atomic E-state index is 14.9. The second kappa shape index (κ2) is 39.5. The molecule has 3 aliphatic rings. The number of carbonyl (C=O) groups excluding carboxylic acids is 2. The molecule has 661 valence electrons. The van der Waals surface area contributed by atoms with Crippen LogP contribution in [0.5, 0.6) is 0 Å². The molecule has 0 fully saturated rings. The molecule has 0 spiro atoms. The number of halogens is 1. The third-order valence-electron chi connectivity index (χ3n) is 25.5. The van der Waals surface area contributed by atoms with Gasteiger partial charge in [-0.1, -0.05) is 370 Å². The van der Waals surface area contributed by atoms with E-state index < -0.39 is 8.07 Å². The van der Waals surface area contributed by atoms with Crippen LogP contribution in [0.2, 0.25) is 19.6 Å². The van der Waals surface area contributed by atoms with Crippen molar-refractivity contribution in [2.24, 2.45) is 0 Å². The zero-order valence-electron chi connectivity index (χ0n) is 76.1. The first-order chi connectivity index (χ1) is 62.7. The van der Waals surface area contributed by atoms with Gasteiger partial charge < -0.3 is 9.97 Å². The first-order valence-electron chi connectivity index (χ1n) is 44.3. The number of hydrogen-bond acceptors (Lipinski definition) is 7. The first-order valence-corrected chi connectivity index (χ1v) is 47.8. The molecular formula is C121H97FIr3N5O2Si-5. The van der Waals surface area contributed by atoms with Crippen LogP contribution in [0.15, 0.2) is 370 Å². The van der Waals surface area contributed by atoms with Crippen molar-refractivity contribution in [3.8, 4) is 101 Å². The summed E-state index contributed by atoms with van der Waals surface area (Å²) in [5.41, 5.74) is 33.5. The van der Waals surface area contributed by atoms with Crippen LogP contribution in [0, 0.1) is 36.1 Å². The number of para-hydroxylation sites is 2. The smallest absolute Gasteiger partial charge is 0.194 e. The van der Waals surface area contributed by atoms with Crippen molar-refractivity contribution in [2.75, 3.05) is 0 Å². The normalized spacial score (nSPS) is 12.8. The maximum atomic E-state index is 14.9. The summed E-state index contributed by atoms with van der Waals surface area (Å²) in [7, 11) is -1.31. The Morgan fingerprint density at radius 2 is 0.707 bits per heavy atom. The van der Waals surface area contributed by atoms with E-state index in [1.807, 2.05) is 170 Å². The van der Waals surface area contributed by atoms with Gasteiger partial charge in [0.25, 0.3) is 0 Å². The number of pyridine rings is 5. The second-order valence-electron chi connectivity index (χ2n) is 37.1. The molecule has 5 aromatic heterocycles. The van der Waals surface area contributed by atoms with Crippen LogP contribution in [-0.2, 0) is 82.0 Å². The molecule has 0 amide bonds. The van der Waals surface area contributed by atoms with E-state index in [1.54, 1.807) is 18.5 Å². The van der Waals surface area contributed by atoms with Gasteiger partial charge in [0.05, 0.1) is 16.6 Å². The molecule has 0 aliphatic heterocycles. The zero-order valence-corrected chi connectivity index (χ0v) is 84.3. The third-order valence-corrected chi connectivity index (χ3v) is 27.5. The predicted molar refractivity (Wildman–Crippen MR) is 535 cm³/mol. The molecule has 12 heteroatoms. The standard InChI is InChI=1S/C30H21FN.2C24H18N.C22H20NO.C21H20NOSi.3Ir/c1-30(2)24-12-7-6-11-21(24)22-16-15-20(17-25(22)30)28-18-23(19-9-4-3-5-10-19)29-26(31)13-8-14-27(29)32-28;2*1-24(2)20-9-5-4-8-18(20)19-13-11-17(15-21(19)24)23-14-12-16-7-3-6-10-22(16)25-23;1-22(2,3)19-12-9-17(10-13-19)21(24)18-11-14-20(23-15-18)16-7-5-4-6-8-16;1-24(2,3)19-12-9-16(10-13-19)20-14-11-18(15-22-20)21(23)17-7-5-4-6-8-17;;;/h3-14,16-18H,1-2H3;2*3-10,12-15H,1-2H3;4-7,9-15H,1-3H3;4-9,11-15H,1-3H3;;;/q5*-1;;;. The molecule has 133 heavy (non-hydrogen) atoms. The average molecular weight is 2280 g/mol. The van der Waals surface area contributed by atoms with Crippen molar-refractivity contribution < 1.29 is 74.3 Å². The number of carbonyl (C=O) groups is 2. The van der Waals surface area contributed by atoms with E-state index >= 15 is 0 Å². The van der Waals surface area contributed by atoms with E-state index in [1.165, 1.54) is 94.4 Å². The third kappa shape index (κ3) is 19.5. The van der Waals surface area contributed by atoms with Crippen LogP contribution in [-0.4, -0.2) is 44.6 Å². The van der Waals surface area contributed by atoms with Crippen LogP contribution in [0.25, 0.3) is 134 Å². The number of rotatable bonds is 11. The summed E-state index contributed by atoms with van der Waals surface area (Å²) in [6, 6.07) is 136. The SMILES string of the molecule is CC(C)(C)c1ccc(C(=O)c2ccc(-c3[c-]cccc3)nc2)cc1.CC1(C)c2ccccc2-c2c[c-]c(-c3cc(-c4ccccc4)c4c(F)cccc4n3)cc21.CC1(C)c2ccccc2-c2c[c-]c(-c3ccc4ccccc4n3)cc21.CC1(C)c2ccccc2-c2c[c-]c(-c3ccc4ccccc4n3)cc21.C[Si](C)(C)c1c[c-]c(-c2ccc(C(=O)c3ccccc3)cn2)cc1.[Ir].[Ir].[Ir]. The molecule has 0 saturated heterocycles. The molecule has 3 aliphatic carbocycles. The summed E-state index contributed by atoms with van der Waals surface area (Å²) < 4.78 is 14.9. The Hall–Kier alpha value is -13.0. The summed E-state index contributed by atoms with van der Waals surface area (Å²) in [5, 5.41) is 4.26.